The van der Waals surface area contributed by atoms with Crippen LogP contribution in [0.15, 0.2) is 53.8 Å². The fraction of sp³-hybridized carbons (Fsp3) is 0.118. The minimum Gasteiger partial charge on any atom is -0.435 e. The van der Waals surface area contributed by atoms with E-state index in [0.29, 0.717) is 11.6 Å². The zero-order chi connectivity index (χ0) is 21.9. The van der Waals surface area contributed by atoms with Gasteiger partial charge in [-0.15, -0.1) is 23.4 Å². The Morgan fingerprint density at radius 1 is 1.20 bits per heavy atom. The van der Waals surface area contributed by atoms with Crippen LogP contribution < -0.4 is 20.9 Å². The fourth-order valence-corrected chi connectivity index (χ4v) is 2.55. The number of aliphatic imine (C=N–C) groups is 1. The highest BCUT2D eigenvalue weighted by molar-refractivity contribution is 5.93. The Labute approximate surface area is 165 Å². The monoisotopic (exact) mass is 428 g/mol. The maximum Gasteiger partial charge on any atom is 0.573 e. The number of benzene rings is 1. The standard InChI is InChI=1S/C17H13F5N6O2/c18-15(19)29-9-3-4-10(12(8-9)30-17(20,21)22)14-11-2-1-7-28(11)16(27-26-14)25-13(24)5-6-23/h1-8,15H,23H2,(H2,24,25,27)/b6-5-. The van der Waals surface area contributed by atoms with Crippen molar-refractivity contribution in [2.24, 2.45) is 16.5 Å². The second-order valence-electron chi connectivity index (χ2n) is 5.59. The van der Waals surface area contributed by atoms with Crippen molar-refractivity contribution in [2.75, 3.05) is 0 Å². The first-order valence-electron chi connectivity index (χ1n) is 8.09. The molecule has 0 unspecified atom stereocenters. The van der Waals surface area contributed by atoms with Crippen LogP contribution in [0.1, 0.15) is 0 Å². The van der Waals surface area contributed by atoms with Gasteiger partial charge in [-0.3, -0.25) is 4.40 Å². The van der Waals surface area contributed by atoms with Crippen LogP contribution in [0.4, 0.5) is 27.9 Å². The van der Waals surface area contributed by atoms with E-state index in [1.54, 1.807) is 12.1 Å². The summed E-state index contributed by atoms with van der Waals surface area (Å²) in [5, 5.41) is 7.79. The Morgan fingerprint density at radius 3 is 2.63 bits per heavy atom. The van der Waals surface area contributed by atoms with Crippen LogP contribution in [0.3, 0.4) is 0 Å². The molecule has 13 heteroatoms. The summed E-state index contributed by atoms with van der Waals surface area (Å²) in [7, 11) is 0. The van der Waals surface area contributed by atoms with Gasteiger partial charge in [-0.25, -0.2) is 0 Å². The normalized spacial score (nSPS) is 12.8. The molecule has 158 valence electrons. The fourth-order valence-electron chi connectivity index (χ4n) is 2.55. The van der Waals surface area contributed by atoms with Crippen LogP contribution in [-0.2, 0) is 0 Å². The number of hydrogen-bond donors (Lipinski definition) is 2. The average Bonchev–Trinajstić information content (AvgIpc) is 3.11. The second-order valence-corrected chi connectivity index (χ2v) is 5.59. The van der Waals surface area contributed by atoms with Crippen molar-refractivity contribution < 1.29 is 31.4 Å². The van der Waals surface area contributed by atoms with E-state index in [9.17, 15) is 22.0 Å². The van der Waals surface area contributed by atoms with Gasteiger partial charge in [-0.2, -0.15) is 13.8 Å². The lowest BCUT2D eigenvalue weighted by molar-refractivity contribution is -0.274. The lowest BCUT2D eigenvalue weighted by Gasteiger charge is -2.15. The molecule has 3 aromatic rings. The molecule has 3 rings (SSSR count). The number of hydrogen-bond acceptors (Lipinski definition) is 6. The summed E-state index contributed by atoms with van der Waals surface area (Å²) in [5.74, 6) is -1.26. The quantitative estimate of drug-likeness (QED) is 0.354. The van der Waals surface area contributed by atoms with E-state index in [4.69, 9.17) is 11.5 Å². The van der Waals surface area contributed by atoms with E-state index in [-0.39, 0.29) is 23.0 Å². The van der Waals surface area contributed by atoms with Crippen LogP contribution in [0, 0.1) is 0 Å². The first kappa shape index (κ1) is 20.8. The van der Waals surface area contributed by atoms with Gasteiger partial charge in [0.1, 0.15) is 23.0 Å². The Kier molecular flexibility index (Phi) is 5.71. The molecule has 0 spiro atoms. The van der Waals surface area contributed by atoms with Gasteiger partial charge in [0.2, 0.25) is 0 Å². The highest BCUT2D eigenvalue weighted by Gasteiger charge is 2.33. The summed E-state index contributed by atoms with van der Waals surface area (Å²) < 4.78 is 73.0. The van der Waals surface area contributed by atoms with E-state index in [1.807, 2.05) is 0 Å². The third-order valence-electron chi connectivity index (χ3n) is 3.60. The van der Waals surface area contributed by atoms with Crippen molar-refractivity contribution in [1.82, 2.24) is 14.6 Å². The Morgan fingerprint density at radius 2 is 1.97 bits per heavy atom. The molecule has 30 heavy (non-hydrogen) atoms. The molecule has 0 amide bonds. The van der Waals surface area contributed by atoms with E-state index in [2.05, 4.69) is 24.7 Å². The molecule has 0 aliphatic heterocycles. The van der Waals surface area contributed by atoms with Crippen LogP contribution in [-0.4, -0.2) is 33.4 Å². The third-order valence-corrected chi connectivity index (χ3v) is 3.60. The molecule has 0 aliphatic carbocycles. The van der Waals surface area contributed by atoms with Crippen LogP contribution in [0.5, 0.6) is 11.5 Å². The second kappa shape index (κ2) is 8.23. The Bertz CT molecular complexity index is 1110. The highest BCUT2D eigenvalue weighted by atomic mass is 19.4. The zero-order valence-electron chi connectivity index (χ0n) is 14.8. The van der Waals surface area contributed by atoms with Crippen LogP contribution >= 0.6 is 0 Å². The van der Waals surface area contributed by atoms with Gasteiger partial charge in [-0.1, -0.05) is 0 Å². The van der Waals surface area contributed by atoms with Gasteiger partial charge in [0.15, 0.2) is 0 Å². The molecular weight excluding hydrogens is 415 g/mol. The maximum atomic E-state index is 12.9. The van der Waals surface area contributed by atoms with E-state index < -0.39 is 24.5 Å². The average molecular weight is 428 g/mol. The molecule has 0 fully saturated rings. The summed E-state index contributed by atoms with van der Waals surface area (Å²) in [4.78, 5) is 4.01. The molecular formula is C17H13F5N6O2. The van der Waals surface area contributed by atoms with Crippen molar-refractivity contribution in [3.05, 3.63) is 48.8 Å². The van der Waals surface area contributed by atoms with Gasteiger partial charge in [0, 0.05) is 17.8 Å². The number of amidine groups is 1. The molecule has 0 aliphatic rings. The number of nitrogens with zero attached hydrogens (tertiary/aromatic N) is 4. The summed E-state index contributed by atoms with van der Waals surface area (Å²) in [6.07, 6.45) is -1.08. The van der Waals surface area contributed by atoms with Crippen molar-refractivity contribution in [1.29, 1.82) is 0 Å². The molecule has 0 saturated heterocycles. The smallest absolute Gasteiger partial charge is 0.435 e. The minimum atomic E-state index is -5.09. The predicted octanol–water partition coefficient (Wildman–Crippen LogP) is 3.36. The third kappa shape index (κ3) is 4.74. The number of fused-ring (bicyclic) bond motifs is 1. The Balaban J connectivity index is 2.15. The molecule has 0 atom stereocenters. The predicted molar refractivity (Wildman–Crippen MR) is 96.3 cm³/mol. The number of nitrogens with two attached hydrogens (primary N) is 2. The number of halogens is 5. The lowest BCUT2D eigenvalue weighted by Crippen LogP contribution is -2.18. The maximum absolute atomic E-state index is 12.9. The van der Waals surface area contributed by atoms with Gasteiger partial charge >= 0.3 is 13.0 Å². The molecule has 1 aromatic carbocycles. The molecule has 2 heterocycles. The van der Waals surface area contributed by atoms with Crippen LogP contribution in [0.2, 0.25) is 0 Å². The number of ether oxygens (including phenoxy) is 2. The van der Waals surface area contributed by atoms with Gasteiger partial charge in [-0.05, 0) is 36.5 Å². The van der Waals surface area contributed by atoms with Gasteiger partial charge in [0.25, 0.3) is 5.95 Å². The molecule has 0 radical (unpaired) electrons. The summed E-state index contributed by atoms with van der Waals surface area (Å²) >= 11 is 0. The molecule has 0 saturated carbocycles. The zero-order valence-corrected chi connectivity index (χ0v) is 14.8. The van der Waals surface area contributed by atoms with Crippen molar-refractivity contribution in [2.45, 2.75) is 13.0 Å². The van der Waals surface area contributed by atoms with Crippen molar-refractivity contribution in [3.8, 4) is 22.8 Å². The van der Waals surface area contributed by atoms with E-state index in [0.717, 1.165) is 18.3 Å². The summed E-state index contributed by atoms with van der Waals surface area (Å²) in [5.41, 5.74) is 11.0. The van der Waals surface area contributed by atoms with Crippen LogP contribution in [0.25, 0.3) is 16.8 Å². The SMILES string of the molecule is N/C=C\C(N)=N\c1nnc(-c2ccc(OC(F)F)cc2OC(F)(F)F)c2cccn12. The van der Waals surface area contributed by atoms with Gasteiger partial charge in [0.05, 0.1) is 5.52 Å². The van der Waals surface area contributed by atoms with E-state index >= 15 is 0 Å². The van der Waals surface area contributed by atoms with Gasteiger partial charge < -0.3 is 20.9 Å². The summed E-state index contributed by atoms with van der Waals surface area (Å²) in [6.45, 7) is -3.23. The molecule has 8 nitrogen and oxygen atoms in total. The molecule has 0 bridgehead atoms. The minimum absolute atomic E-state index is 0.0177. The largest absolute Gasteiger partial charge is 0.573 e. The first-order chi connectivity index (χ1) is 14.2. The number of alkyl halides is 5. The van der Waals surface area contributed by atoms with Crippen molar-refractivity contribution >= 4 is 17.3 Å². The highest BCUT2D eigenvalue weighted by Crippen LogP contribution is 2.38. The topological polar surface area (TPSA) is 113 Å². The first-order valence-corrected chi connectivity index (χ1v) is 8.09. The molecule has 4 N–H and O–H groups in total. The summed E-state index contributed by atoms with van der Waals surface area (Å²) in [6, 6.07) is 5.96. The number of rotatable bonds is 6. The lowest BCUT2D eigenvalue weighted by atomic mass is 10.1. The Hall–Kier alpha value is -3.90. The molecule has 2 aromatic heterocycles. The number of aromatic nitrogens is 3. The van der Waals surface area contributed by atoms with E-state index in [1.165, 1.54) is 16.7 Å². The van der Waals surface area contributed by atoms with Crippen molar-refractivity contribution in [3.63, 3.8) is 0 Å².